The van der Waals surface area contributed by atoms with Crippen molar-refractivity contribution in [1.29, 1.82) is 0 Å². The van der Waals surface area contributed by atoms with Gasteiger partial charge in [0.1, 0.15) is 5.69 Å². The summed E-state index contributed by atoms with van der Waals surface area (Å²) in [5.74, 6) is -0.196. The third kappa shape index (κ3) is 5.04. The average Bonchev–Trinajstić information content (AvgIpc) is 3.51. The van der Waals surface area contributed by atoms with Gasteiger partial charge in [-0.1, -0.05) is 18.2 Å². The van der Waals surface area contributed by atoms with Crippen LogP contribution in [-0.4, -0.2) is 29.8 Å². The maximum atomic E-state index is 12.3. The Kier molecular flexibility index (Phi) is 5.65. The molecule has 2 amide bonds. The molecule has 8 heteroatoms. The van der Waals surface area contributed by atoms with E-state index in [0.717, 1.165) is 12.8 Å². The molecule has 1 saturated carbocycles. The highest BCUT2D eigenvalue weighted by Gasteiger charge is 2.29. The number of para-hydroxylation sites is 2. The molecule has 3 rings (SSSR count). The zero-order valence-corrected chi connectivity index (χ0v) is 14.6. The van der Waals surface area contributed by atoms with E-state index in [0.29, 0.717) is 30.0 Å². The summed E-state index contributed by atoms with van der Waals surface area (Å²) in [6, 6.07) is 13.1. The summed E-state index contributed by atoms with van der Waals surface area (Å²) in [6.45, 7) is 0.637. The SMILES string of the molecule is O=C(NCCNc1ccccc1[N+](=O)[O-])c1cccc(NC(=O)C2CC2)c1. The molecule has 1 fully saturated rings. The number of benzene rings is 2. The van der Waals surface area contributed by atoms with Crippen molar-refractivity contribution in [1.82, 2.24) is 5.32 Å². The molecule has 1 aliphatic rings. The van der Waals surface area contributed by atoms with E-state index >= 15 is 0 Å². The molecule has 0 unspecified atom stereocenters. The van der Waals surface area contributed by atoms with Crippen LogP contribution in [0.25, 0.3) is 0 Å². The number of rotatable bonds is 8. The largest absolute Gasteiger partial charge is 0.378 e. The summed E-state index contributed by atoms with van der Waals surface area (Å²) < 4.78 is 0. The van der Waals surface area contributed by atoms with Crippen LogP contribution < -0.4 is 16.0 Å². The van der Waals surface area contributed by atoms with Crippen LogP contribution in [0.5, 0.6) is 0 Å². The number of anilines is 2. The van der Waals surface area contributed by atoms with Crippen LogP contribution in [0, 0.1) is 16.0 Å². The van der Waals surface area contributed by atoms with Gasteiger partial charge in [0.2, 0.25) is 5.91 Å². The lowest BCUT2D eigenvalue weighted by Crippen LogP contribution is -2.29. The van der Waals surface area contributed by atoms with Gasteiger partial charge in [-0.05, 0) is 37.1 Å². The van der Waals surface area contributed by atoms with Crippen molar-refractivity contribution in [3.63, 3.8) is 0 Å². The maximum Gasteiger partial charge on any atom is 0.292 e. The minimum absolute atomic E-state index is 0.0112. The molecule has 0 bridgehead atoms. The quantitative estimate of drug-likeness (QED) is 0.377. The van der Waals surface area contributed by atoms with Crippen LogP contribution >= 0.6 is 0 Å². The fourth-order valence-corrected chi connectivity index (χ4v) is 2.59. The van der Waals surface area contributed by atoms with Gasteiger partial charge in [-0.3, -0.25) is 19.7 Å². The summed E-state index contributed by atoms with van der Waals surface area (Å²) in [4.78, 5) is 34.6. The molecule has 0 atom stereocenters. The third-order valence-electron chi connectivity index (χ3n) is 4.17. The molecule has 2 aromatic carbocycles. The normalized spacial score (nSPS) is 12.9. The topological polar surface area (TPSA) is 113 Å². The van der Waals surface area contributed by atoms with Gasteiger partial charge < -0.3 is 16.0 Å². The smallest absolute Gasteiger partial charge is 0.292 e. The fraction of sp³-hybridized carbons (Fsp3) is 0.263. The van der Waals surface area contributed by atoms with E-state index in [4.69, 9.17) is 0 Å². The summed E-state index contributed by atoms with van der Waals surface area (Å²) >= 11 is 0. The highest BCUT2D eigenvalue weighted by molar-refractivity contribution is 5.98. The molecule has 8 nitrogen and oxygen atoms in total. The molecular weight excluding hydrogens is 348 g/mol. The molecular formula is C19H20N4O4. The van der Waals surface area contributed by atoms with E-state index in [1.54, 1.807) is 42.5 Å². The summed E-state index contributed by atoms with van der Waals surface area (Å²) in [6.07, 6.45) is 1.83. The second-order valence-electron chi connectivity index (χ2n) is 6.30. The molecule has 0 aliphatic heterocycles. The Balaban J connectivity index is 1.49. The second kappa shape index (κ2) is 8.31. The van der Waals surface area contributed by atoms with Gasteiger partial charge in [-0.15, -0.1) is 0 Å². The van der Waals surface area contributed by atoms with Gasteiger partial charge in [0.05, 0.1) is 4.92 Å². The van der Waals surface area contributed by atoms with Gasteiger partial charge in [-0.25, -0.2) is 0 Å². The number of nitrogens with one attached hydrogen (secondary N) is 3. The van der Waals surface area contributed by atoms with Crippen molar-refractivity contribution < 1.29 is 14.5 Å². The molecule has 0 saturated heterocycles. The standard InChI is InChI=1S/C19H20N4O4/c24-18(14-4-3-5-15(12-14)22-19(25)13-8-9-13)21-11-10-20-16-6-1-2-7-17(16)23(26)27/h1-7,12-13,20H,8-11H2,(H,21,24)(H,22,25). The Hall–Kier alpha value is -3.42. The number of hydrogen-bond donors (Lipinski definition) is 3. The lowest BCUT2D eigenvalue weighted by atomic mass is 10.2. The second-order valence-corrected chi connectivity index (χ2v) is 6.30. The minimum Gasteiger partial charge on any atom is -0.378 e. The van der Waals surface area contributed by atoms with E-state index < -0.39 is 4.92 Å². The van der Waals surface area contributed by atoms with Crippen LogP contribution in [0.2, 0.25) is 0 Å². The van der Waals surface area contributed by atoms with Crippen molar-refractivity contribution >= 4 is 28.9 Å². The Morgan fingerprint density at radius 3 is 2.59 bits per heavy atom. The van der Waals surface area contributed by atoms with E-state index in [-0.39, 0.29) is 23.4 Å². The number of amides is 2. The van der Waals surface area contributed by atoms with Gasteiger partial charge in [0.25, 0.3) is 11.6 Å². The molecule has 1 aliphatic carbocycles. The first kappa shape index (κ1) is 18.4. The van der Waals surface area contributed by atoms with Crippen LogP contribution in [-0.2, 0) is 4.79 Å². The summed E-state index contributed by atoms with van der Waals surface area (Å²) in [7, 11) is 0. The van der Waals surface area contributed by atoms with Crippen molar-refractivity contribution in [3.05, 3.63) is 64.2 Å². The Bertz CT molecular complexity index is 864. The zero-order valence-electron chi connectivity index (χ0n) is 14.6. The van der Waals surface area contributed by atoms with Crippen LogP contribution in [0.3, 0.4) is 0 Å². The molecule has 0 radical (unpaired) electrons. The van der Waals surface area contributed by atoms with Gasteiger partial charge >= 0.3 is 0 Å². The first-order valence-corrected chi connectivity index (χ1v) is 8.71. The number of nitro groups is 1. The highest BCUT2D eigenvalue weighted by Crippen LogP contribution is 2.30. The molecule has 2 aromatic rings. The first-order chi connectivity index (χ1) is 13.0. The molecule has 3 N–H and O–H groups in total. The number of carbonyl (C=O) groups is 2. The predicted molar refractivity (Wildman–Crippen MR) is 102 cm³/mol. The number of carbonyl (C=O) groups excluding carboxylic acids is 2. The van der Waals surface area contributed by atoms with E-state index in [1.807, 2.05) is 0 Å². The van der Waals surface area contributed by atoms with Crippen molar-refractivity contribution in [2.24, 2.45) is 5.92 Å². The molecule has 0 heterocycles. The van der Waals surface area contributed by atoms with Crippen LogP contribution in [0.4, 0.5) is 17.1 Å². The van der Waals surface area contributed by atoms with E-state index in [9.17, 15) is 19.7 Å². The summed E-state index contributed by atoms with van der Waals surface area (Å²) in [5, 5.41) is 19.5. The number of hydrogen-bond acceptors (Lipinski definition) is 5. The van der Waals surface area contributed by atoms with Gasteiger partial charge in [-0.2, -0.15) is 0 Å². The monoisotopic (exact) mass is 368 g/mol. The van der Waals surface area contributed by atoms with E-state index in [2.05, 4.69) is 16.0 Å². The lowest BCUT2D eigenvalue weighted by Gasteiger charge is -2.10. The Labute approximate surface area is 156 Å². The number of nitro benzene ring substituents is 1. The van der Waals surface area contributed by atoms with Gasteiger partial charge in [0.15, 0.2) is 0 Å². The van der Waals surface area contributed by atoms with Crippen molar-refractivity contribution in [2.75, 3.05) is 23.7 Å². The molecule has 0 spiro atoms. The van der Waals surface area contributed by atoms with Crippen LogP contribution in [0.15, 0.2) is 48.5 Å². The third-order valence-corrected chi connectivity index (χ3v) is 4.17. The fourth-order valence-electron chi connectivity index (χ4n) is 2.59. The molecule has 140 valence electrons. The van der Waals surface area contributed by atoms with Crippen molar-refractivity contribution in [3.8, 4) is 0 Å². The molecule has 27 heavy (non-hydrogen) atoms. The average molecular weight is 368 g/mol. The predicted octanol–water partition coefficient (Wildman–Crippen LogP) is 2.79. The zero-order chi connectivity index (χ0) is 19.2. The summed E-state index contributed by atoms with van der Waals surface area (Å²) in [5.41, 5.74) is 1.43. The Morgan fingerprint density at radius 1 is 1.07 bits per heavy atom. The lowest BCUT2D eigenvalue weighted by molar-refractivity contribution is -0.384. The molecule has 0 aromatic heterocycles. The maximum absolute atomic E-state index is 12.3. The van der Waals surface area contributed by atoms with E-state index in [1.165, 1.54) is 6.07 Å². The highest BCUT2D eigenvalue weighted by atomic mass is 16.6. The number of nitrogens with zero attached hydrogens (tertiary/aromatic N) is 1. The van der Waals surface area contributed by atoms with Gasteiger partial charge in [0, 0.05) is 36.3 Å². The first-order valence-electron chi connectivity index (χ1n) is 8.71. The minimum atomic E-state index is -0.456. The van der Waals surface area contributed by atoms with Crippen molar-refractivity contribution in [2.45, 2.75) is 12.8 Å². The van der Waals surface area contributed by atoms with Crippen LogP contribution in [0.1, 0.15) is 23.2 Å². The Morgan fingerprint density at radius 2 is 1.85 bits per heavy atom.